The van der Waals surface area contributed by atoms with E-state index in [4.69, 9.17) is 11.6 Å². The summed E-state index contributed by atoms with van der Waals surface area (Å²) in [5, 5.41) is 13.3. The molecule has 0 spiro atoms. The molecule has 1 N–H and O–H groups in total. The highest BCUT2D eigenvalue weighted by atomic mass is 35.5. The maximum absolute atomic E-state index is 13.2. The molecule has 1 heterocycles. The molecule has 7 heteroatoms. The average molecular weight is 483 g/mol. The normalized spacial score (nSPS) is 15.2. The van der Waals surface area contributed by atoms with E-state index in [-0.39, 0.29) is 11.2 Å². The van der Waals surface area contributed by atoms with E-state index in [9.17, 15) is 4.79 Å². The van der Waals surface area contributed by atoms with E-state index in [1.54, 1.807) is 0 Å². The van der Waals surface area contributed by atoms with Gasteiger partial charge in [-0.05, 0) is 55.9 Å². The smallest absolute Gasteiger partial charge is 0.237 e. The minimum absolute atomic E-state index is 0.0311. The Balaban J connectivity index is 1.60. The monoisotopic (exact) mass is 482 g/mol. The molecule has 4 rings (SSSR count). The first-order valence-corrected chi connectivity index (χ1v) is 12.9. The molecule has 33 heavy (non-hydrogen) atoms. The van der Waals surface area contributed by atoms with Gasteiger partial charge in [-0.3, -0.25) is 9.36 Å². The first-order chi connectivity index (χ1) is 15.9. The number of carbonyl (C=O) groups excluding carboxylic acids is 1. The van der Waals surface area contributed by atoms with Crippen molar-refractivity contribution in [3.8, 4) is 11.4 Å². The number of carbonyl (C=O) groups is 1. The molecule has 2 aromatic carbocycles. The minimum Gasteiger partial charge on any atom is -0.325 e. The molecule has 1 amide bonds. The van der Waals surface area contributed by atoms with E-state index >= 15 is 0 Å². The van der Waals surface area contributed by atoms with E-state index in [1.807, 2.05) is 50.2 Å². The Kier molecular flexibility index (Phi) is 7.45. The number of hydrogen-bond donors (Lipinski definition) is 1. The second-order valence-corrected chi connectivity index (χ2v) is 10.8. The fourth-order valence-electron chi connectivity index (χ4n) is 4.45. The number of para-hydroxylation sites is 1. The second kappa shape index (κ2) is 10.3. The summed E-state index contributed by atoms with van der Waals surface area (Å²) in [6, 6.07) is 14.2. The number of nitrogens with one attached hydrogen (secondary N) is 1. The summed E-state index contributed by atoms with van der Waals surface area (Å²) >= 11 is 7.96. The summed E-state index contributed by atoms with van der Waals surface area (Å²) in [5.41, 5.74) is 4.01. The van der Waals surface area contributed by atoms with Crippen molar-refractivity contribution >= 4 is 35.0 Å². The van der Waals surface area contributed by atoms with Gasteiger partial charge in [0.2, 0.25) is 5.91 Å². The number of aromatic nitrogens is 3. The second-order valence-electron chi connectivity index (χ2n) is 9.04. The van der Waals surface area contributed by atoms with E-state index in [2.05, 4.69) is 40.0 Å². The Bertz CT molecular complexity index is 1140. The molecule has 0 saturated heterocycles. The molecule has 1 atom stereocenters. The number of thioether (sulfide) groups is 1. The van der Waals surface area contributed by atoms with Crippen molar-refractivity contribution < 1.29 is 4.79 Å². The van der Waals surface area contributed by atoms with Crippen LogP contribution in [0.15, 0.2) is 47.6 Å². The lowest BCUT2D eigenvalue weighted by molar-refractivity contribution is -0.115. The highest BCUT2D eigenvalue weighted by Gasteiger charge is 2.28. The van der Waals surface area contributed by atoms with Gasteiger partial charge in [0.15, 0.2) is 11.0 Å². The van der Waals surface area contributed by atoms with Crippen LogP contribution in [-0.2, 0) is 4.79 Å². The lowest BCUT2D eigenvalue weighted by atomic mass is 9.98. The number of rotatable bonds is 7. The van der Waals surface area contributed by atoms with Crippen LogP contribution >= 0.6 is 23.4 Å². The standard InChI is InChI=1S/C26H31ClN4OS/c1-16(2)20-14-9-10-17(3)23(20)28-25(32)18(4)33-26-30-29-24(21-13-7-8-15-22(21)27)31(26)19-11-5-6-12-19/h7-10,13-16,18-19H,5-6,11-12H2,1-4H3,(H,28,32). The molecule has 1 unspecified atom stereocenters. The maximum Gasteiger partial charge on any atom is 0.237 e. The van der Waals surface area contributed by atoms with Gasteiger partial charge in [-0.2, -0.15) is 0 Å². The maximum atomic E-state index is 13.2. The average Bonchev–Trinajstić information content (AvgIpc) is 3.45. The third-order valence-electron chi connectivity index (χ3n) is 6.30. The van der Waals surface area contributed by atoms with Gasteiger partial charge in [0.05, 0.1) is 10.3 Å². The third kappa shape index (κ3) is 5.12. The Morgan fingerprint density at radius 1 is 1.09 bits per heavy atom. The third-order valence-corrected chi connectivity index (χ3v) is 7.68. The Labute approximate surface area is 205 Å². The molecule has 0 radical (unpaired) electrons. The van der Waals surface area contributed by atoms with E-state index in [1.165, 1.54) is 24.6 Å². The molecule has 0 bridgehead atoms. The largest absolute Gasteiger partial charge is 0.325 e. The van der Waals surface area contributed by atoms with Gasteiger partial charge in [0.1, 0.15) is 0 Å². The highest BCUT2D eigenvalue weighted by molar-refractivity contribution is 8.00. The predicted molar refractivity (Wildman–Crippen MR) is 137 cm³/mol. The van der Waals surface area contributed by atoms with Crippen LogP contribution in [0.4, 0.5) is 5.69 Å². The van der Waals surface area contributed by atoms with E-state index < -0.39 is 0 Å². The van der Waals surface area contributed by atoms with Gasteiger partial charge in [0.25, 0.3) is 0 Å². The molecule has 5 nitrogen and oxygen atoms in total. The zero-order chi connectivity index (χ0) is 23.5. The number of hydrogen-bond acceptors (Lipinski definition) is 4. The summed E-state index contributed by atoms with van der Waals surface area (Å²) in [5.74, 6) is 1.08. The van der Waals surface area contributed by atoms with Crippen LogP contribution in [0.3, 0.4) is 0 Å². The lowest BCUT2D eigenvalue weighted by Crippen LogP contribution is -2.24. The van der Waals surface area contributed by atoms with Gasteiger partial charge < -0.3 is 5.32 Å². The highest BCUT2D eigenvalue weighted by Crippen LogP contribution is 2.39. The van der Waals surface area contributed by atoms with Crippen molar-refractivity contribution in [2.75, 3.05) is 5.32 Å². The Hall–Kier alpha value is -2.31. The van der Waals surface area contributed by atoms with Crippen molar-refractivity contribution in [3.05, 3.63) is 58.6 Å². The number of benzene rings is 2. The van der Waals surface area contributed by atoms with Gasteiger partial charge in [-0.1, -0.05) is 80.4 Å². The summed E-state index contributed by atoms with van der Waals surface area (Å²) < 4.78 is 2.20. The fourth-order valence-corrected chi connectivity index (χ4v) is 5.59. The summed E-state index contributed by atoms with van der Waals surface area (Å²) in [7, 11) is 0. The topological polar surface area (TPSA) is 59.8 Å². The van der Waals surface area contributed by atoms with Crippen LogP contribution < -0.4 is 5.32 Å². The van der Waals surface area contributed by atoms with Crippen LogP contribution in [0.5, 0.6) is 0 Å². The van der Waals surface area contributed by atoms with Gasteiger partial charge in [-0.15, -0.1) is 10.2 Å². The minimum atomic E-state index is -0.326. The summed E-state index contributed by atoms with van der Waals surface area (Å²) in [6.45, 7) is 8.24. The quantitative estimate of drug-likeness (QED) is 0.360. The van der Waals surface area contributed by atoms with Crippen molar-refractivity contribution in [1.29, 1.82) is 0 Å². The Morgan fingerprint density at radius 3 is 2.52 bits per heavy atom. The molecule has 1 aliphatic carbocycles. The first kappa shape index (κ1) is 23.8. The summed E-state index contributed by atoms with van der Waals surface area (Å²) in [6.07, 6.45) is 4.56. The van der Waals surface area contributed by atoms with Crippen molar-refractivity contribution in [1.82, 2.24) is 14.8 Å². The number of aryl methyl sites for hydroxylation is 1. The molecule has 1 saturated carbocycles. The number of nitrogens with zero attached hydrogens (tertiary/aromatic N) is 3. The first-order valence-electron chi connectivity index (χ1n) is 11.6. The molecule has 3 aromatic rings. The van der Waals surface area contributed by atoms with Gasteiger partial charge in [0, 0.05) is 17.3 Å². The van der Waals surface area contributed by atoms with Crippen molar-refractivity contribution in [3.63, 3.8) is 0 Å². The van der Waals surface area contributed by atoms with Gasteiger partial charge >= 0.3 is 0 Å². The predicted octanol–water partition coefficient (Wildman–Crippen LogP) is 7.26. The van der Waals surface area contributed by atoms with E-state index in [0.29, 0.717) is 17.0 Å². The van der Waals surface area contributed by atoms with E-state index in [0.717, 1.165) is 46.2 Å². The lowest BCUT2D eigenvalue weighted by Gasteiger charge is -2.20. The van der Waals surface area contributed by atoms with Crippen LogP contribution in [0, 0.1) is 6.92 Å². The van der Waals surface area contributed by atoms with Crippen molar-refractivity contribution in [2.24, 2.45) is 0 Å². The molecule has 1 fully saturated rings. The van der Waals surface area contributed by atoms with Crippen LogP contribution in [0.1, 0.15) is 69.5 Å². The summed E-state index contributed by atoms with van der Waals surface area (Å²) in [4.78, 5) is 13.2. The Morgan fingerprint density at radius 2 is 1.82 bits per heavy atom. The molecule has 1 aliphatic rings. The SMILES string of the molecule is Cc1cccc(C(C)C)c1NC(=O)C(C)Sc1nnc(-c2ccccc2Cl)n1C1CCCC1. The number of amides is 1. The molecular formula is C26H31ClN4OS. The number of anilines is 1. The van der Waals surface area contributed by atoms with Crippen molar-refractivity contribution in [2.45, 2.75) is 75.7 Å². The van der Waals surface area contributed by atoms with Crippen LogP contribution in [0.25, 0.3) is 11.4 Å². The zero-order valence-electron chi connectivity index (χ0n) is 19.6. The van der Waals surface area contributed by atoms with Gasteiger partial charge in [-0.25, -0.2) is 0 Å². The van der Waals surface area contributed by atoms with Crippen LogP contribution in [0.2, 0.25) is 5.02 Å². The molecular weight excluding hydrogens is 452 g/mol. The zero-order valence-corrected chi connectivity index (χ0v) is 21.2. The number of halogens is 1. The molecule has 1 aromatic heterocycles. The molecule has 174 valence electrons. The molecule has 0 aliphatic heterocycles. The fraction of sp³-hybridized carbons (Fsp3) is 0.423. The van der Waals surface area contributed by atoms with Crippen LogP contribution in [-0.4, -0.2) is 25.9 Å².